The van der Waals surface area contributed by atoms with Gasteiger partial charge in [-0.25, -0.2) is 13.4 Å². The number of rotatable bonds is 8. The number of nitrogens with zero attached hydrogens (tertiary/aromatic N) is 1. The molecule has 10 heteroatoms. The molecule has 0 saturated heterocycles. The highest BCUT2D eigenvalue weighted by Crippen LogP contribution is 2.34. The summed E-state index contributed by atoms with van der Waals surface area (Å²) in [5, 5.41) is 2.53. The molecule has 154 valence electrons. The van der Waals surface area contributed by atoms with Gasteiger partial charge in [0, 0.05) is 5.69 Å². The van der Waals surface area contributed by atoms with Gasteiger partial charge in [-0.2, -0.15) is 0 Å². The SMILES string of the molecule is CCOc1ccc(NC(=O)C(C)Sc2nc3ccc(NS(C)(=O)=O)cc3s2)cc1. The van der Waals surface area contributed by atoms with Crippen molar-refractivity contribution in [1.29, 1.82) is 0 Å². The minimum atomic E-state index is -3.34. The molecule has 1 aromatic heterocycles. The standard InChI is InChI=1S/C19H21N3O4S3/c1-4-26-15-8-5-13(6-9-15)20-18(23)12(2)27-19-21-16-10-7-14(11-17(16)28-19)22-29(3,24)25/h5-12,22H,4H2,1-3H3,(H,20,23). The van der Waals surface area contributed by atoms with Crippen LogP contribution in [0, 0.1) is 0 Å². The third-order valence-corrected chi connectivity index (χ3v) is 6.57. The number of aromatic nitrogens is 1. The Kier molecular flexibility index (Phi) is 6.66. The fourth-order valence-electron chi connectivity index (χ4n) is 2.48. The number of nitrogens with one attached hydrogen (secondary N) is 2. The summed E-state index contributed by atoms with van der Waals surface area (Å²) in [4.78, 5) is 17.0. The van der Waals surface area contributed by atoms with Crippen molar-refractivity contribution in [2.75, 3.05) is 22.9 Å². The second kappa shape index (κ2) is 9.02. The third-order valence-electron chi connectivity index (χ3n) is 3.75. The van der Waals surface area contributed by atoms with Gasteiger partial charge < -0.3 is 10.1 Å². The number of thioether (sulfide) groups is 1. The summed E-state index contributed by atoms with van der Waals surface area (Å²) in [5.41, 5.74) is 1.95. The Bertz CT molecular complexity index is 1110. The van der Waals surface area contributed by atoms with Gasteiger partial charge in [0.1, 0.15) is 5.75 Å². The van der Waals surface area contributed by atoms with Gasteiger partial charge >= 0.3 is 0 Å². The molecule has 1 heterocycles. The number of benzene rings is 2. The van der Waals surface area contributed by atoms with Gasteiger partial charge in [-0.05, 0) is 56.3 Å². The van der Waals surface area contributed by atoms with Crippen LogP contribution in [0.15, 0.2) is 46.8 Å². The molecule has 7 nitrogen and oxygen atoms in total. The zero-order chi connectivity index (χ0) is 21.0. The maximum Gasteiger partial charge on any atom is 0.237 e. The van der Waals surface area contributed by atoms with Crippen LogP contribution in [-0.2, 0) is 14.8 Å². The largest absolute Gasteiger partial charge is 0.494 e. The van der Waals surface area contributed by atoms with Crippen LogP contribution in [0.2, 0.25) is 0 Å². The van der Waals surface area contributed by atoms with E-state index in [1.165, 1.54) is 23.1 Å². The molecule has 0 aliphatic rings. The summed E-state index contributed by atoms with van der Waals surface area (Å²) in [7, 11) is -3.34. The minimum absolute atomic E-state index is 0.127. The van der Waals surface area contributed by atoms with Gasteiger partial charge in [-0.1, -0.05) is 11.8 Å². The van der Waals surface area contributed by atoms with Gasteiger partial charge in [0.15, 0.2) is 4.34 Å². The van der Waals surface area contributed by atoms with E-state index in [2.05, 4.69) is 15.0 Å². The first kappa shape index (κ1) is 21.4. The van der Waals surface area contributed by atoms with Crippen molar-refractivity contribution in [3.8, 4) is 5.75 Å². The predicted molar refractivity (Wildman–Crippen MR) is 120 cm³/mol. The molecular weight excluding hydrogens is 430 g/mol. The fourth-order valence-corrected chi connectivity index (χ4v) is 5.29. The Balaban J connectivity index is 1.65. The highest BCUT2D eigenvalue weighted by molar-refractivity contribution is 8.02. The quantitative estimate of drug-likeness (QED) is 0.499. The monoisotopic (exact) mass is 451 g/mol. The van der Waals surface area contributed by atoms with Crippen LogP contribution in [0.5, 0.6) is 5.75 Å². The molecule has 0 aliphatic carbocycles. The maximum absolute atomic E-state index is 12.5. The van der Waals surface area contributed by atoms with E-state index in [4.69, 9.17) is 4.74 Å². The molecular formula is C19H21N3O4S3. The molecule has 0 spiro atoms. The lowest BCUT2D eigenvalue weighted by molar-refractivity contribution is -0.115. The van der Waals surface area contributed by atoms with Crippen molar-refractivity contribution in [3.05, 3.63) is 42.5 Å². The summed E-state index contributed by atoms with van der Waals surface area (Å²) >= 11 is 2.78. The van der Waals surface area contributed by atoms with E-state index in [9.17, 15) is 13.2 Å². The number of amides is 1. The Morgan fingerprint density at radius 2 is 1.90 bits per heavy atom. The van der Waals surface area contributed by atoms with E-state index in [-0.39, 0.29) is 11.2 Å². The molecule has 0 aliphatic heterocycles. The van der Waals surface area contributed by atoms with E-state index in [0.29, 0.717) is 18.0 Å². The lowest BCUT2D eigenvalue weighted by Crippen LogP contribution is -2.22. The topological polar surface area (TPSA) is 97.4 Å². The Morgan fingerprint density at radius 1 is 1.21 bits per heavy atom. The number of carbonyl (C=O) groups is 1. The van der Waals surface area contributed by atoms with Crippen LogP contribution >= 0.6 is 23.1 Å². The average molecular weight is 452 g/mol. The molecule has 0 radical (unpaired) electrons. The minimum Gasteiger partial charge on any atom is -0.494 e. The summed E-state index contributed by atoms with van der Waals surface area (Å²) in [6.45, 7) is 4.32. The summed E-state index contributed by atoms with van der Waals surface area (Å²) in [6, 6.07) is 12.4. The predicted octanol–water partition coefficient (Wildman–Crippen LogP) is 4.19. The number of anilines is 2. The molecule has 2 aromatic carbocycles. The average Bonchev–Trinajstić information content (AvgIpc) is 3.03. The summed E-state index contributed by atoms with van der Waals surface area (Å²) in [6.07, 6.45) is 1.11. The highest BCUT2D eigenvalue weighted by atomic mass is 32.2. The molecule has 3 aromatic rings. The fraction of sp³-hybridized carbons (Fsp3) is 0.263. The van der Waals surface area contributed by atoms with Gasteiger partial charge in [0.25, 0.3) is 0 Å². The first-order valence-electron chi connectivity index (χ1n) is 8.82. The van der Waals surface area contributed by atoms with Crippen LogP contribution in [0.4, 0.5) is 11.4 Å². The van der Waals surface area contributed by atoms with Crippen LogP contribution < -0.4 is 14.8 Å². The second-order valence-electron chi connectivity index (χ2n) is 6.24. The molecule has 1 unspecified atom stereocenters. The van der Waals surface area contributed by atoms with Gasteiger partial charge in [-0.3, -0.25) is 9.52 Å². The van der Waals surface area contributed by atoms with Crippen molar-refractivity contribution in [3.63, 3.8) is 0 Å². The first-order valence-corrected chi connectivity index (χ1v) is 12.4. The number of fused-ring (bicyclic) bond motifs is 1. The number of sulfonamides is 1. The molecule has 3 rings (SSSR count). The molecule has 1 atom stereocenters. The van der Waals surface area contributed by atoms with Gasteiger partial charge in [-0.15, -0.1) is 11.3 Å². The van der Waals surface area contributed by atoms with Crippen molar-refractivity contribution >= 4 is 60.6 Å². The number of carbonyl (C=O) groups excluding carboxylic acids is 1. The Hall–Kier alpha value is -2.30. The third kappa shape index (κ3) is 6.09. The first-order chi connectivity index (χ1) is 13.7. The normalized spacial score (nSPS) is 12.5. The van der Waals surface area contributed by atoms with Crippen molar-refractivity contribution in [1.82, 2.24) is 4.98 Å². The smallest absolute Gasteiger partial charge is 0.237 e. The van der Waals surface area contributed by atoms with E-state index in [0.717, 1.165) is 26.6 Å². The van der Waals surface area contributed by atoms with E-state index in [1.807, 2.05) is 26.0 Å². The lowest BCUT2D eigenvalue weighted by atomic mass is 10.3. The number of hydrogen-bond acceptors (Lipinski definition) is 7. The number of ether oxygens (including phenoxy) is 1. The molecule has 0 saturated carbocycles. The highest BCUT2D eigenvalue weighted by Gasteiger charge is 2.17. The van der Waals surface area contributed by atoms with E-state index in [1.54, 1.807) is 30.3 Å². The molecule has 0 bridgehead atoms. The van der Waals surface area contributed by atoms with Crippen molar-refractivity contribution in [2.24, 2.45) is 0 Å². The van der Waals surface area contributed by atoms with Gasteiger partial charge in [0.05, 0.1) is 34.0 Å². The van der Waals surface area contributed by atoms with Crippen LogP contribution in [0.3, 0.4) is 0 Å². The maximum atomic E-state index is 12.5. The van der Waals surface area contributed by atoms with Crippen molar-refractivity contribution in [2.45, 2.75) is 23.4 Å². The zero-order valence-electron chi connectivity index (χ0n) is 16.1. The number of hydrogen-bond donors (Lipinski definition) is 2. The molecule has 1 amide bonds. The van der Waals surface area contributed by atoms with Crippen LogP contribution in [0.25, 0.3) is 10.2 Å². The van der Waals surface area contributed by atoms with E-state index < -0.39 is 10.0 Å². The van der Waals surface area contributed by atoms with Crippen LogP contribution in [0.1, 0.15) is 13.8 Å². The van der Waals surface area contributed by atoms with E-state index >= 15 is 0 Å². The molecule has 29 heavy (non-hydrogen) atoms. The summed E-state index contributed by atoms with van der Waals surface area (Å²) < 4.78 is 32.2. The van der Waals surface area contributed by atoms with Crippen LogP contribution in [-0.4, -0.2) is 37.4 Å². The van der Waals surface area contributed by atoms with Crippen molar-refractivity contribution < 1.29 is 17.9 Å². The molecule has 0 fully saturated rings. The lowest BCUT2D eigenvalue weighted by Gasteiger charge is -2.11. The second-order valence-corrected chi connectivity index (χ2v) is 10.6. The summed E-state index contributed by atoms with van der Waals surface area (Å²) in [5.74, 6) is 0.630. The molecule has 2 N–H and O–H groups in total. The zero-order valence-corrected chi connectivity index (χ0v) is 18.6. The number of thiazole rings is 1. The van der Waals surface area contributed by atoms with Gasteiger partial charge in [0.2, 0.25) is 15.9 Å². The Morgan fingerprint density at radius 3 is 2.55 bits per heavy atom. The Labute approximate surface area is 177 Å².